The molecule has 29 heavy (non-hydrogen) atoms. The summed E-state index contributed by atoms with van der Waals surface area (Å²) in [5.41, 5.74) is 2.16. The highest BCUT2D eigenvalue weighted by Crippen LogP contribution is 2.19. The van der Waals surface area contributed by atoms with Crippen LogP contribution in [0.25, 0.3) is 0 Å². The standard InChI is InChI=1S/C25H32N2O2/c1-20(25(29)26-15-10-18-27(2)16-7-4-8-17-27)22-13-9-14-23(19-22)24(28)21-11-5-3-6-12-21/h3,5-6,9,11-14,19-20H,4,7-8,10,15-18H2,1-2H3/p+1/t20-/m1/s1. The molecule has 1 N–H and O–H groups in total. The van der Waals surface area contributed by atoms with E-state index in [1.807, 2.05) is 61.5 Å². The number of carbonyl (C=O) groups excluding carboxylic acids is 2. The number of rotatable bonds is 8. The maximum Gasteiger partial charge on any atom is 0.227 e. The van der Waals surface area contributed by atoms with Gasteiger partial charge in [0.1, 0.15) is 0 Å². The quantitative estimate of drug-likeness (QED) is 0.416. The summed E-state index contributed by atoms with van der Waals surface area (Å²) >= 11 is 0. The average molecular weight is 394 g/mol. The fourth-order valence-electron chi connectivity index (χ4n) is 4.18. The largest absolute Gasteiger partial charge is 0.355 e. The van der Waals surface area contributed by atoms with Crippen molar-refractivity contribution in [3.63, 3.8) is 0 Å². The number of benzene rings is 2. The zero-order valence-corrected chi connectivity index (χ0v) is 17.7. The first kappa shape index (κ1) is 21.3. The molecule has 0 unspecified atom stereocenters. The van der Waals surface area contributed by atoms with E-state index >= 15 is 0 Å². The van der Waals surface area contributed by atoms with Crippen LogP contribution in [0.2, 0.25) is 0 Å². The Morgan fingerprint density at radius 3 is 2.38 bits per heavy atom. The number of piperidine rings is 1. The molecule has 0 spiro atoms. The van der Waals surface area contributed by atoms with Crippen LogP contribution < -0.4 is 5.32 Å². The van der Waals surface area contributed by atoms with Crippen LogP contribution in [0, 0.1) is 0 Å². The van der Waals surface area contributed by atoms with Gasteiger partial charge in [0.25, 0.3) is 0 Å². The molecule has 4 heteroatoms. The van der Waals surface area contributed by atoms with Gasteiger partial charge < -0.3 is 9.80 Å². The van der Waals surface area contributed by atoms with Crippen LogP contribution in [0.15, 0.2) is 54.6 Å². The van der Waals surface area contributed by atoms with Gasteiger partial charge in [-0.1, -0.05) is 48.5 Å². The van der Waals surface area contributed by atoms with Crippen molar-refractivity contribution in [1.82, 2.24) is 5.32 Å². The molecule has 0 aliphatic carbocycles. The summed E-state index contributed by atoms with van der Waals surface area (Å²) in [4.78, 5) is 25.3. The normalized spacial score (nSPS) is 16.8. The van der Waals surface area contributed by atoms with E-state index in [9.17, 15) is 9.59 Å². The van der Waals surface area contributed by atoms with Crippen molar-refractivity contribution in [3.05, 3.63) is 71.3 Å². The monoisotopic (exact) mass is 393 g/mol. The van der Waals surface area contributed by atoms with E-state index in [0.717, 1.165) is 23.0 Å². The van der Waals surface area contributed by atoms with E-state index in [1.165, 1.54) is 32.4 Å². The van der Waals surface area contributed by atoms with Crippen molar-refractivity contribution >= 4 is 11.7 Å². The third kappa shape index (κ3) is 5.77. The molecule has 0 bridgehead atoms. The molecule has 0 aromatic heterocycles. The Labute approximate surface area is 174 Å². The van der Waals surface area contributed by atoms with Crippen LogP contribution in [0.3, 0.4) is 0 Å². The van der Waals surface area contributed by atoms with Gasteiger partial charge in [-0.2, -0.15) is 0 Å². The first-order valence-corrected chi connectivity index (χ1v) is 10.8. The van der Waals surface area contributed by atoms with E-state index in [4.69, 9.17) is 0 Å². The number of hydrogen-bond acceptors (Lipinski definition) is 2. The maximum absolute atomic E-state index is 12.7. The number of nitrogens with one attached hydrogen (secondary N) is 1. The van der Waals surface area contributed by atoms with Crippen LogP contribution in [0.5, 0.6) is 0 Å². The van der Waals surface area contributed by atoms with Gasteiger partial charge >= 0.3 is 0 Å². The molecule has 3 rings (SSSR count). The molecule has 2 aromatic carbocycles. The molecule has 1 aliphatic heterocycles. The molecule has 0 saturated carbocycles. The molecular weight excluding hydrogens is 360 g/mol. The molecule has 154 valence electrons. The summed E-state index contributed by atoms with van der Waals surface area (Å²) in [6.45, 7) is 6.24. The van der Waals surface area contributed by atoms with Gasteiger partial charge in [0.15, 0.2) is 5.78 Å². The second kappa shape index (κ2) is 9.84. The maximum atomic E-state index is 12.7. The lowest BCUT2D eigenvalue weighted by atomic mass is 9.95. The van der Waals surface area contributed by atoms with Crippen molar-refractivity contribution in [2.24, 2.45) is 0 Å². The molecule has 1 aliphatic rings. The Kier molecular flexibility index (Phi) is 7.21. The molecule has 1 fully saturated rings. The van der Waals surface area contributed by atoms with Gasteiger partial charge in [-0.05, 0) is 37.8 Å². The third-order valence-corrected chi connectivity index (χ3v) is 6.15. The molecule has 2 aromatic rings. The summed E-state index contributed by atoms with van der Waals surface area (Å²) in [7, 11) is 2.33. The first-order valence-electron chi connectivity index (χ1n) is 10.8. The lowest BCUT2D eigenvalue weighted by Crippen LogP contribution is -2.49. The van der Waals surface area contributed by atoms with E-state index in [1.54, 1.807) is 0 Å². The Morgan fingerprint density at radius 1 is 0.966 bits per heavy atom. The van der Waals surface area contributed by atoms with Crippen molar-refractivity contribution in [1.29, 1.82) is 0 Å². The van der Waals surface area contributed by atoms with Crippen LogP contribution in [-0.4, -0.2) is 49.4 Å². The third-order valence-electron chi connectivity index (χ3n) is 6.15. The summed E-state index contributed by atoms with van der Waals surface area (Å²) in [6, 6.07) is 16.7. The summed E-state index contributed by atoms with van der Waals surface area (Å²) in [5.74, 6) is -0.271. The Morgan fingerprint density at radius 2 is 1.66 bits per heavy atom. The lowest BCUT2D eigenvalue weighted by molar-refractivity contribution is -0.914. The molecule has 0 radical (unpaired) electrons. The molecule has 1 amide bonds. The summed E-state index contributed by atoms with van der Waals surface area (Å²) in [6.07, 6.45) is 4.99. The van der Waals surface area contributed by atoms with Crippen LogP contribution in [0.4, 0.5) is 0 Å². The van der Waals surface area contributed by atoms with E-state index < -0.39 is 0 Å². The smallest absolute Gasteiger partial charge is 0.227 e. The first-order chi connectivity index (χ1) is 14.0. The number of nitrogens with zero attached hydrogens (tertiary/aromatic N) is 1. The molecule has 1 saturated heterocycles. The summed E-state index contributed by atoms with van der Waals surface area (Å²) in [5, 5.41) is 3.08. The predicted octanol–water partition coefficient (Wildman–Crippen LogP) is 4.16. The molecule has 1 heterocycles. The van der Waals surface area contributed by atoms with Crippen molar-refractivity contribution in [3.8, 4) is 0 Å². The minimum absolute atomic E-state index is 0.0152. The average Bonchev–Trinajstić information content (AvgIpc) is 2.76. The lowest BCUT2D eigenvalue weighted by Gasteiger charge is -2.37. The number of ketones is 1. The van der Waals surface area contributed by atoms with Gasteiger partial charge in [0, 0.05) is 24.1 Å². The minimum atomic E-state index is -0.279. The van der Waals surface area contributed by atoms with Gasteiger partial charge in [-0.15, -0.1) is 0 Å². The highest BCUT2D eigenvalue weighted by Gasteiger charge is 2.24. The fourth-order valence-corrected chi connectivity index (χ4v) is 4.18. The number of hydrogen-bond donors (Lipinski definition) is 1. The van der Waals surface area contributed by atoms with E-state index in [0.29, 0.717) is 17.7 Å². The Hall–Kier alpha value is -2.46. The second-order valence-corrected chi connectivity index (χ2v) is 8.54. The predicted molar refractivity (Wildman–Crippen MR) is 117 cm³/mol. The van der Waals surface area contributed by atoms with Crippen LogP contribution >= 0.6 is 0 Å². The minimum Gasteiger partial charge on any atom is -0.355 e. The van der Waals surface area contributed by atoms with Crippen molar-refractivity contribution in [2.45, 2.75) is 38.5 Å². The second-order valence-electron chi connectivity index (χ2n) is 8.54. The topological polar surface area (TPSA) is 46.2 Å². The molecular formula is C25H33N2O2+. The Balaban J connectivity index is 1.53. The number of carbonyl (C=O) groups is 2. The van der Waals surface area contributed by atoms with Gasteiger partial charge in [0.2, 0.25) is 5.91 Å². The number of likely N-dealkylation sites (tertiary alicyclic amines) is 1. The van der Waals surface area contributed by atoms with Crippen LogP contribution in [0.1, 0.15) is 60.0 Å². The Bertz CT molecular complexity index is 826. The van der Waals surface area contributed by atoms with Gasteiger partial charge in [-0.3, -0.25) is 9.59 Å². The van der Waals surface area contributed by atoms with Gasteiger partial charge in [0.05, 0.1) is 32.6 Å². The molecule has 4 nitrogen and oxygen atoms in total. The summed E-state index contributed by atoms with van der Waals surface area (Å²) < 4.78 is 1.13. The van der Waals surface area contributed by atoms with Crippen LogP contribution in [-0.2, 0) is 4.79 Å². The van der Waals surface area contributed by atoms with Crippen molar-refractivity contribution < 1.29 is 14.1 Å². The highest BCUT2D eigenvalue weighted by molar-refractivity contribution is 6.09. The van der Waals surface area contributed by atoms with E-state index in [2.05, 4.69) is 12.4 Å². The molecule has 1 atom stereocenters. The zero-order chi connectivity index (χ0) is 20.7. The SMILES string of the molecule is C[C@@H](C(=O)NCCC[N+]1(C)CCCCC1)c1cccc(C(=O)c2ccccc2)c1. The highest BCUT2D eigenvalue weighted by atomic mass is 16.1. The van der Waals surface area contributed by atoms with E-state index in [-0.39, 0.29) is 17.6 Å². The zero-order valence-electron chi connectivity index (χ0n) is 17.7. The van der Waals surface area contributed by atoms with Crippen molar-refractivity contribution in [2.75, 3.05) is 33.2 Å². The number of quaternary nitrogens is 1. The number of amides is 1. The van der Waals surface area contributed by atoms with Gasteiger partial charge in [-0.25, -0.2) is 0 Å². The fraction of sp³-hybridized carbons (Fsp3) is 0.440.